The predicted octanol–water partition coefficient (Wildman–Crippen LogP) is 5.46. The van der Waals surface area contributed by atoms with Gasteiger partial charge in [-0.3, -0.25) is 0 Å². The van der Waals surface area contributed by atoms with E-state index in [4.69, 9.17) is 14.5 Å². The molecule has 0 spiro atoms. The van der Waals surface area contributed by atoms with E-state index in [0.717, 1.165) is 41.9 Å². The van der Waals surface area contributed by atoms with Crippen molar-refractivity contribution in [2.24, 2.45) is 0 Å². The first-order chi connectivity index (χ1) is 17.4. The van der Waals surface area contributed by atoms with E-state index in [1.54, 1.807) is 40.5 Å². The summed E-state index contributed by atoms with van der Waals surface area (Å²) in [5.74, 6) is 1.53. The second-order valence-electron chi connectivity index (χ2n) is 9.11. The second-order valence-corrected chi connectivity index (χ2v) is 12.0. The molecule has 1 aliphatic carbocycles. The van der Waals surface area contributed by atoms with Crippen molar-refractivity contribution in [2.75, 3.05) is 19.3 Å². The van der Waals surface area contributed by atoms with Gasteiger partial charge in [-0.05, 0) is 61.6 Å². The van der Waals surface area contributed by atoms with Crippen LogP contribution in [0, 0.1) is 0 Å². The Bertz CT molecular complexity index is 1370. The Kier molecular flexibility index (Phi) is 7.11. The van der Waals surface area contributed by atoms with Gasteiger partial charge in [0.2, 0.25) is 0 Å². The first-order valence-corrected chi connectivity index (χ1v) is 14.8. The Morgan fingerprint density at radius 3 is 2.67 bits per heavy atom. The summed E-state index contributed by atoms with van der Waals surface area (Å²) in [7, 11) is -3.23. The zero-order valence-electron chi connectivity index (χ0n) is 20.1. The molecule has 0 unspecified atom stereocenters. The first kappa shape index (κ1) is 24.5. The number of carbonyl (C=O) groups is 1. The van der Waals surface area contributed by atoms with Crippen LogP contribution in [0.25, 0.3) is 6.08 Å². The first-order valence-electron chi connectivity index (χ1n) is 12.0. The molecule has 1 fully saturated rings. The molecule has 5 rings (SSSR count). The van der Waals surface area contributed by atoms with Gasteiger partial charge in [0.25, 0.3) is 0 Å². The number of fused-ring (bicyclic) bond motifs is 1. The topological polar surface area (TPSA) is 85.8 Å². The van der Waals surface area contributed by atoms with Gasteiger partial charge < -0.3 is 14.4 Å². The Morgan fingerprint density at radius 2 is 1.92 bits per heavy atom. The number of benzene rings is 2. The number of ether oxygens (including phenoxy) is 2. The number of hydrogen-bond donors (Lipinski definition) is 0. The number of piperidine rings is 1. The molecule has 36 heavy (non-hydrogen) atoms. The van der Waals surface area contributed by atoms with Crippen molar-refractivity contribution in [2.45, 2.75) is 43.1 Å². The van der Waals surface area contributed by atoms with E-state index in [1.165, 1.54) is 11.8 Å². The van der Waals surface area contributed by atoms with Crippen molar-refractivity contribution in [1.29, 1.82) is 0 Å². The smallest absolute Gasteiger partial charge is 0.415 e. The van der Waals surface area contributed by atoms with Gasteiger partial charge in [0.15, 0.2) is 9.84 Å². The zero-order chi connectivity index (χ0) is 25.1. The summed E-state index contributed by atoms with van der Waals surface area (Å²) in [6.07, 6.45) is 8.71. The lowest BCUT2D eigenvalue weighted by molar-refractivity contribution is 0.138. The molecular weight excluding hydrogens is 496 g/mol. The fourth-order valence-electron chi connectivity index (χ4n) is 4.51. The minimum atomic E-state index is -3.23. The second kappa shape index (κ2) is 10.4. The molecule has 9 heteroatoms. The molecule has 3 aromatic rings. The Morgan fingerprint density at radius 1 is 1.14 bits per heavy atom. The molecule has 0 N–H and O–H groups in total. The number of sulfone groups is 1. The summed E-state index contributed by atoms with van der Waals surface area (Å²) >= 11 is 1.61. The standard InChI is InChI=1S/C27H28N2O5S2/c1-36(31,32)23-11-9-22(10-12-23)33-17-21-18-35-26(28-21)20-13-15-29(16-14-20)27(30)34-25-8-4-6-19-5-2-3-7-24(19)25/h3-4,6-12,18,20H,2,5,13-17H2,1H3. The number of carbonyl (C=O) groups excluding carboxylic acids is 1. The molecular formula is C27H28N2O5S2. The van der Waals surface area contributed by atoms with Gasteiger partial charge in [0, 0.05) is 36.2 Å². The van der Waals surface area contributed by atoms with E-state index in [2.05, 4.69) is 12.1 Å². The minimum Gasteiger partial charge on any atom is -0.487 e. The fraction of sp³-hybridized carbons (Fsp3) is 0.333. The van der Waals surface area contributed by atoms with Crippen LogP contribution in [0.3, 0.4) is 0 Å². The number of likely N-dealkylation sites (tertiary alicyclic amines) is 1. The number of aromatic nitrogens is 1. The number of hydrogen-bond acceptors (Lipinski definition) is 7. The third-order valence-electron chi connectivity index (χ3n) is 6.53. The third kappa shape index (κ3) is 5.63. The minimum absolute atomic E-state index is 0.265. The van der Waals surface area contributed by atoms with Gasteiger partial charge in [-0.2, -0.15) is 0 Å². The molecule has 1 aromatic heterocycles. The number of thiazole rings is 1. The van der Waals surface area contributed by atoms with Crippen LogP contribution in [0.1, 0.15) is 47.0 Å². The van der Waals surface area contributed by atoms with Gasteiger partial charge in [-0.25, -0.2) is 18.2 Å². The van der Waals surface area contributed by atoms with Gasteiger partial charge >= 0.3 is 6.09 Å². The number of aryl methyl sites for hydroxylation is 1. The Balaban J connectivity index is 1.12. The van der Waals surface area contributed by atoms with Crippen molar-refractivity contribution in [3.63, 3.8) is 0 Å². The molecule has 0 radical (unpaired) electrons. The summed E-state index contributed by atoms with van der Waals surface area (Å²) in [5.41, 5.74) is 3.07. The van der Waals surface area contributed by atoms with Gasteiger partial charge in [-0.1, -0.05) is 24.3 Å². The van der Waals surface area contributed by atoms with E-state index in [9.17, 15) is 13.2 Å². The quantitative estimate of drug-likeness (QED) is 0.425. The molecule has 1 aliphatic heterocycles. The van der Waals surface area contributed by atoms with Crippen LogP contribution in [-0.4, -0.2) is 43.7 Å². The molecule has 1 amide bonds. The normalized spacial score (nSPS) is 16.0. The summed E-state index contributed by atoms with van der Waals surface area (Å²) in [5, 5.41) is 3.05. The maximum atomic E-state index is 12.8. The number of allylic oxidation sites excluding steroid dienone is 1. The van der Waals surface area contributed by atoms with E-state index in [-0.39, 0.29) is 11.0 Å². The van der Waals surface area contributed by atoms with Crippen molar-refractivity contribution in [3.05, 3.63) is 75.7 Å². The summed E-state index contributed by atoms with van der Waals surface area (Å²) in [6.45, 7) is 1.58. The van der Waals surface area contributed by atoms with Crippen molar-refractivity contribution >= 4 is 33.3 Å². The molecule has 7 nitrogen and oxygen atoms in total. The lowest BCUT2D eigenvalue weighted by Crippen LogP contribution is -2.39. The third-order valence-corrected chi connectivity index (χ3v) is 8.71. The van der Waals surface area contributed by atoms with E-state index in [1.807, 2.05) is 23.6 Å². The lowest BCUT2D eigenvalue weighted by atomic mass is 9.97. The highest BCUT2D eigenvalue weighted by Crippen LogP contribution is 2.32. The zero-order valence-corrected chi connectivity index (χ0v) is 21.7. The van der Waals surface area contributed by atoms with Crippen LogP contribution in [0.2, 0.25) is 0 Å². The molecule has 0 saturated carbocycles. The highest BCUT2D eigenvalue weighted by molar-refractivity contribution is 7.90. The Labute approximate surface area is 215 Å². The number of nitrogens with zero attached hydrogens (tertiary/aromatic N) is 2. The van der Waals surface area contributed by atoms with Crippen LogP contribution in [0.4, 0.5) is 4.79 Å². The van der Waals surface area contributed by atoms with Crippen LogP contribution in [-0.2, 0) is 22.9 Å². The summed E-state index contributed by atoms with van der Waals surface area (Å²) in [4.78, 5) is 19.6. The fourth-order valence-corrected chi connectivity index (χ4v) is 6.12. The number of amides is 1. The molecule has 2 aliphatic rings. The van der Waals surface area contributed by atoms with Crippen molar-refractivity contribution < 1.29 is 22.7 Å². The van der Waals surface area contributed by atoms with Gasteiger partial charge in [0.05, 0.1) is 15.6 Å². The van der Waals surface area contributed by atoms with Crippen LogP contribution >= 0.6 is 11.3 Å². The van der Waals surface area contributed by atoms with Crippen molar-refractivity contribution in [1.82, 2.24) is 9.88 Å². The maximum absolute atomic E-state index is 12.8. The number of rotatable bonds is 6. The molecule has 2 heterocycles. The highest BCUT2D eigenvalue weighted by Gasteiger charge is 2.27. The average molecular weight is 525 g/mol. The van der Waals surface area contributed by atoms with E-state index in [0.29, 0.717) is 37.1 Å². The van der Waals surface area contributed by atoms with Gasteiger partial charge in [-0.15, -0.1) is 11.3 Å². The highest BCUT2D eigenvalue weighted by atomic mass is 32.2. The molecule has 188 valence electrons. The van der Waals surface area contributed by atoms with E-state index < -0.39 is 9.84 Å². The average Bonchev–Trinajstić information content (AvgIpc) is 3.37. The molecule has 0 atom stereocenters. The molecule has 1 saturated heterocycles. The van der Waals surface area contributed by atoms with Crippen LogP contribution in [0.15, 0.2) is 58.8 Å². The lowest BCUT2D eigenvalue weighted by Gasteiger charge is -2.30. The van der Waals surface area contributed by atoms with Crippen LogP contribution < -0.4 is 9.47 Å². The predicted molar refractivity (Wildman–Crippen MR) is 139 cm³/mol. The SMILES string of the molecule is CS(=O)(=O)c1ccc(OCc2csc(C3CCN(C(=O)Oc4cccc5c4C=CCC5)CC3)n2)cc1. The summed E-state index contributed by atoms with van der Waals surface area (Å²) in [6, 6.07) is 12.3. The monoisotopic (exact) mass is 524 g/mol. The molecule has 2 aromatic carbocycles. The van der Waals surface area contributed by atoms with Crippen molar-refractivity contribution in [3.8, 4) is 11.5 Å². The van der Waals surface area contributed by atoms with Gasteiger partial charge in [0.1, 0.15) is 18.1 Å². The van der Waals surface area contributed by atoms with E-state index >= 15 is 0 Å². The molecule has 0 bridgehead atoms. The van der Waals surface area contributed by atoms with Crippen LogP contribution in [0.5, 0.6) is 11.5 Å². The Hall–Kier alpha value is -3.17. The summed E-state index contributed by atoms with van der Waals surface area (Å²) < 4.78 is 34.7. The maximum Gasteiger partial charge on any atom is 0.415 e. The largest absolute Gasteiger partial charge is 0.487 e.